The molecule has 2 aliphatic heterocycles. The molecule has 9 atom stereocenters. The first-order chi connectivity index (χ1) is 34.1. The van der Waals surface area contributed by atoms with E-state index in [4.69, 9.17) is 22.9 Å². The smallest absolute Gasteiger partial charge is 0.246 e. The van der Waals surface area contributed by atoms with Crippen molar-refractivity contribution in [2.75, 3.05) is 31.1 Å². The Labute approximate surface area is 429 Å². The Balaban J connectivity index is 2.04. The van der Waals surface area contributed by atoms with Crippen molar-refractivity contribution in [2.45, 2.75) is 147 Å². The van der Waals surface area contributed by atoms with E-state index in [1.807, 2.05) is 13.8 Å². The Bertz CT molecular complexity index is 2070. The third kappa shape index (κ3) is 20.9. The van der Waals surface area contributed by atoms with Crippen LogP contribution in [0.25, 0.3) is 0 Å². The van der Waals surface area contributed by atoms with Crippen LogP contribution in [0.1, 0.15) is 104 Å². The molecule has 0 unspecified atom stereocenters. The second kappa shape index (κ2) is 31.1. The van der Waals surface area contributed by atoms with Gasteiger partial charge in [-0.05, 0) is 63.0 Å². The second-order valence-electron chi connectivity index (χ2n) is 18.8. The van der Waals surface area contributed by atoms with Crippen molar-refractivity contribution in [3.05, 3.63) is 35.9 Å². The third-order valence-electron chi connectivity index (χ3n) is 12.6. The summed E-state index contributed by atoms with van der Waals surface area (Å²) in [6, 6.07) is 1.33. The predicted octanol–water partition coefficient (Wildman–Crippen LogP) is -1.01. The van der Waals surface area contributed by atoms with Gasteiger partial charge >= 0.3 is 0 Å². The van der Waals surface area contributed by atoms with Gasteiger partial charge in [-0.25, -0.2) is 0 Å². The number of nitrogens with two attached hydrogens (primary N) is 4. The molecule has 0 spiro atoms. The van der Waals surface area contributed by atoms with Crippen LogP contribution < -0.4 is 54.8 Å². The van der Waals surface area contributed by atoms with Crippen LogP contribution in [0.4, 0.5) is 0 Å². The van der Waals surface area contributed by atoms with Gasteiger partial charge in [0.2, 0.25) is 53.2 Å². The van der Waals surface area contributed by atoms with E-state index in [1.54, 1.807) is 44.2 Å². The second-order valence-corrected chi connectivity index (χ2v) is 21.4. The number of nitrogens with one attached hydrogen (secondary N) is 6. The Morgan fingerprint density at radius 3 is 2.11 bits per heavy atom. The zero-order chi connectivity index (χ0) is 53.5. The summed E-state index contributed by atoms with van der Waals surface area (Å²) in [5.41, 5.74) is 23.4. The van der Waals surface area contributed by atoms with Gasteiger partial charge in [-0.2, -0.15) is 0 Å². The van der Waals surface area contributed by atoms with Crippen LogP contribution in [0.15, 0.2) is 30.3 Å². The van der Waals surface area contributed by atoms with Crippen LogP contribution in [0, 0.1) is 17.8 Å². The monoisotopic (exact) mass is 1050 g/mol. The van der Waals surface area contributed by atoms with Crippen LogP contribution in [-0.2, 0) is 59.2 Å². The lowest BCUT2D eigenvalue weighted by atomic mass is 9.90. The van der Waals surface area contributed by atoms with E-state index in [-0.39, 0.29) is 75.5 Å². The number of primary amides is 3. The molecule has 9 amide bonds. The topological polar surface area (TPSA) is 367 Å². The quantitative estimate of drug-likeness (QED) is 0.0491. The Hall–Kier alpha value is -5.59. The summed E-state index contributed by atoms with van der Waals surface area (Å²) in [5.74, 6) is -10.3. The molecule has 72 heavy (non-hydrogen) atoms. The van der Waals surface area contributed by atoms with Crippen molar-refractivity contribution < 1.29 is 52.7 Å². The van der Waals surface area contributed by atoms with E-state index >= 15 is 0 Å². The number of rotatable bonds is 22. The van der Waals surface area contributed by atoms with Gasteiger partial charge in [0.15, 0.2) is 11.6 Å². The molecule has 0 saturated carbocycles. The molecule has 0 bridgehead atoms. The summed E-state index contributed by atoms with van der Waals surface area (Å²) in [5, 5.41) is 16.3. The summed E-state index contributed by atoms with van der Waals surface area (Å²) in [6.45, 7) is 7.69. The molecule has 0 aromatic heterocycles. The maximum Gasteiger partial charge on any atom is 0.246 e. The largest absolute Gasteiger partial charge is 0.370 e. The molecule has 2 heterocycles. The van der Waals surface area contributed by atoms with Gasteiger partial charge in [0, 0.05) is 55.2 Å². The molecule has 22 nitrogen and oxygen atoms in total. The molecule has 2 saturated heterocycles. The number of carbonyl (C=O) groups is 11. The van der Waals surface area contributed by atoms with Crippen molar-refractivity contribution in [3.8, 4) is 0 Å². The van der Waals surface area contributed by atoms with Crippen molar-refractivity contribution in [1.29, 1.82) is 0 Å². The lowest BCUT2D eigenvalue weighted by Gasteiger charge is -2.31. The average molecular weight is 1050 g/mol. The van der Waals surface area contributed by atoms with Crippen LogP contribution in [0.3, 0.4) is 0 Å². The van der Waals surface area contributed by atoms with Gasteiger partial charge < -0.3 is 59.7 Å². The first-order valence-electron chi connectivity index (χ1n) is 24.6. The minimum atomic E-state index is -1.69. The Morgan fingerprint density at radius 1 is 0.806 bits per heavy atom. The molecule has 400 valence electrons. The normalized spacial score (nSPS) is 23.9. The van der Waals surface area contributed by atoms with E-state index in [9.17, 15) is 52.7 Å². The van der Waals surface area contributed by atoms with Gasteiger partial charge in [0.05, 0.1) is 25.0 Å². The van der Waals surface area contributed by atoms with Crippen LogP contribution >= 0.6 is 21.6 Å². The molecule has 1 aromatic carbocycles. The number of nitrogens with zero attached hydrogens (tertiary/aromatic N) is 1. The van der Waals surface area contributed by atoms with Gasteiger partial charge in [-0.15, -0.1) is 0 Å². The summed E-state index contributed by atoms with van der Waals surface area (Å²) in [6.07, 6.45) is 0.373. The van der Waals surface area contributed by atoms with Crippen molar-refractivity contribution >= 4 is 86.3 Å². The molecule has 0 aliphatic carbocycles. The lowest BCUT2D eigenvalue weighted by Crippen LogP contribution is -2.60. The summed E-state index contributed by atoms with van der Waals surface area (Å²) in [4.78, 5) is 150. The zero-order valence-corrected chi connectivity index (χ0v) is 43.4. The maximum atomic E-state index is 14.6. The molecular formula is C48H75N11O11S2. The first-order valence-corrected chi connectivity index (χ1v) is 27.1. The van der Waals surface area contributed by atoms with Crippen LogP contribution in [0.2, 0.25) is 0 Å². The van der Waals surface area contributed by atoms with E-state index in [0.29, 0.717) is 25.8 Å². The SMILES string of the molecule is CC[C@H](C)[C@@H]1NC(=O)[C@H](Cc2ccccc2)CC(=O)[C@@H](N)CSSC[C@@H](C(=O)N2CCC[C@H]2C(=O)C[C@@H](CCCNC(C)C)C(=O)NCC(N)=O)NC(=O)[C@H](CC(N)=O)NC(=O)[C@H](CCCC(N)=O)NC1=O. The molecular weight excluding hydrogens is 971 g/mol. The first kappa shape index (κ1) is 60.7. The third-order valence-corrected chi connectivity index (χ3v) is 15.0. The zero-order valence-electron chi connectivity index (χ0n) is 41.7. The number of ketones is 2. The molecule has 24 heteroatoms. The average Bonchev–Trinajstić information content (AvgIpc) is 3.83. The van der Waals surface area contributed by atoms with Gasteiger partial charge in [0.1, 0.15) is 24.2 Å². The van der Waals surface area contributed by atoms with Crippen molar-refractivity contribution in [2.24, 2.45) is 40.7 Å². The Morgan fingerprint density at radius 2 is 1.47 bits per heavy atom. The molecule has 0 radical (unpaired) electrons. The van der Waals surface area contributed by atoms with E-state index in [0.717, 1.165) is 27.2 Å². The standard InChI is InChI=1S/C48H75N11O11S2/c1-5-28(4)42-47(69)55-33(15-9-17-39(50)62)45(67)56-34(23-40(51)63)46(68)57-35(26-72-71-25-32(49)37(60)22-31(44(66)58-42)20-29-12-7-6-8-13-29)48(70)59-19-11-16-36(59)38(61)21-30(14-10-18-53-27(2)3)43(65)54-24-41(52)64/h6-8,12-13,27-28,30-36,42,53H,5,9-11,14-26,49H2,1-4H3,(H2,50,62)(H2,51,63)(H2,52,64)(H,54,65)(H,55,69)(H,56,67)(H,57,68)(H,58,66)/t28-,30+,31+,32-,33-,34-,35-,36-,42-/m0/s1. The number of benzene rings is 1. The summed E-state index contributed by atoms with van der Waals surface area (Å²) >= 11 is 0. The lowest BCUT2D eigenvalue weighted by molar-refractivity contribution is -0.141. The van der Waals surface area contributed by atoms with E-state index in [1.165, 1.54) is 4.90 Å². The highest BCUT2D eigenvalue weighted by atomic mass is 33.1. The molecule has 14 N–H and O–H groups in total. The summed E-state index contributed by atoms with van der Waals surface area (Å²) in [7, 11) is 2.21. The number of amides is 9. The number of carbonyl (C=O) groups excluding carboxylic acids is 11. The predicted molar refractivity (Wildman–Crippen MR) is 273 cm³/mol. The highest BCUT2D eigenvalue weighted by Crippen LogP contribution is 2.28. The van der Waals surface area contributed by atoms with Crippen LogP contribution in [-0.4, -0.2) is 143 Å². The summed E-state index contributed by atoms with van der Waals surface area (Å²) < 4.78 is 0. The minimum absolute atomic E-state index is 0.0115. The maximum absolute atomic E-state index is 14.6. The number of hydrogen-bond donors (Lipinski definition) is 10. The minimum Gasteiger partial charge on any atom is -0.370 e. The highest BCUT2D eigenvalue weighted by molar-refractivity contribution is 8.76. The van der Waals surface area contributed by atoms with Gasteiger partial charge in [-0.3, -0.25) is 52.7 Å². The Kier molecular flexibility index (Phi) is 26.2. The molecule has 3 rings (SSSR count). The van der Waals surface area contributed by atoms with E-state index in [2.05, 4.69) is 31.9 Å². The molecule has 2 fully saturated rings. The fraction of sp³-hybridized carbons (Fsp3) is 0.646. The number of likely N-dealkylation sites (tertiary alicyclic amines) is 1. The van der Waals surface area contributed by atoms with Crippen molar-refractivity contribution in [1.82, 2.24) is 36.8 Å². The fourth-order valence-corrected chi connectivity index (χ4v) is 10.6. The highest BCUT2D eigenvalue weighted by Gasteiger charge is 2.41. The molecule has 2 aliphatic rings. The van der Waals surface area contributed by atoms with Crippen LogP contribution in [0.5, 0.6) is 0 Å². The van der Waals surface area contributed by atoms with Gasteiger partial charge in [-0.1, -0.05) is 86.0 Å². The molecule has 1 aromatic rings. The fourth-order valence-electron chi connectivity index (χ4n) is 8.32. The number of Topliss-reactive ketones (excluding diaryl/α,β-unsaturated/α-hetero) is 2. The van der Waals surface area contributed by atoms with Crippen molar-refractivity contribution in [3.63, 3.8) is 0 Å². The van der Waals surface area contributed by atoms with Gasteiger partial charge in [0.25, 0.3) is 0 Å². The number of hydrogen-bond acceptors (Lipinski definition) is 15. The van der Waals surface area contributed by atoms with E-state index < -0.39 is 132 Å².